The molecule has 2 unspecified atom stereocenters. The van der Waals surface area contributed by atoms with Crippen molar-refractivity contribution in [1.82, 2.24) is 0 Å². The molecule has 0 radical (unpaired) electrons. The maximum atomic E-state index is 2.35. The van der Waals surface area contributed by atoms with Crippen molar-refractivity contribution in [3.05, 3.63) is 59.7 Å². The summed E-state index contributed by atoms with van der Waals surface area (Å²) < 4.78 is 0. The average Bonchev–Trinajstić information content (AvgIpc) is 2.35. The molecule has 1 aromatic carbocycles. The van der Waals surface area contributed by atoms with Gasteiger partial charge in [-0.3, -0.25) is 0 Å². The summed E-state index contributed by atoms with van der Waals surface area (Å²) in [5, 5.41) is 0. The number of hydrogen-bond acceptors (Lipinski definition) is 0. The lowest BCUT2D eigenvalue weighted by Gasteiger charge is -2.23. The van der Waals surface area contributed by atoms with Crippen LogP contribution in [0.15, 0.2) is 48.6 Å². The average molecular weight is 196 g/mol. The van der Waals surface area contributed by atoms with E-state index >= 15 is 0 Å². The predicted molar refractivity (Wildman–Crippen MR) is 64.0 cm³/mol. The first-order valence-corrected chi connectivity index (χ1v) is 5.61. The number of hydrogen-bond donors (Lipinski definition) is 0. The lowest BCUT2D eigenvalue weighted by molar-refractivity contribution is 0.477. The van der Waals surface area contributed by atoms with Crippen LogP contribution >= 0.6 is 0 Å². The molecule has 0 aromatic heterocycles. The molecule has 0 fully saturated rings. The second-order valence-corrected chi connectivity index (χ2v) is 5.28. The van der Waals surface area contributed by atoms with Gasteiger partial charge in [-0.15, -0.1) is 0 Å². The van der Waals surface area contributed by atoms with Gasteiger partial charge >= 0.3 is 0 Å². The van der Waals surface area contributed by atoms with Crippen molar-refractivity contribution in [2.24, 2.45) is 0 Å². The molecule has 76 valence electrons. The SMILES string of the molecule is CC12C=CC=CC(C)(C1)c1ccccc12. The van der Waals surface area contributed by atoms with Gasteiger partial charge in [0.25, 0.3) is 0 Å². The topological polar surface area (TPSA) is 0 Å². The quantitative estimate of drug-likeness (QED) is 0.593. The van der Waals surface area contributed by atoms with E-state index in [4.69, 9.17) is 0 Å². The Bertz CT molecular complexity index is 424. The van der Waals surface area contributed by atoms with Crippen molar-refractivity contribution in [2.45, 2.75) is 31.1 Å². The molecule has 1 aromatic rings. The fraction of sp³-hybridized carbons (Fsp3) is 0.333. The van der Waals surface area contributed by atoms with E-state index in [1.165, 1.54) is 17.5 Å². The number of benzene rings is 1. The highest BCUT2D eigenvalue weighted by atomic mass is 14.5. The van der Waals surface area contributed by atoms with E-state index in [1.807, 2.05) is 0 Å². The standard InChI is InChI=1S/C15H16/c1-14-9-5-6-10-15(2,11-14)13-8-4-3-7-12(13)14/h3-10H,11H2,1-2H3. The zero-order chi connectivity index (χ0) is 10.5. The van der Waals surface area contributed by atoms with Crippen molar-refractivity contribution in [2.75, 3.05) is 0 Å². The Labute approximate surface area is 91.3 Å². The van der Waals surface area contributed by atoms with E-state index in [0.29, 0.717) is 0 Å². The van der Waals surface area contributed by atoms with Gasteiger partial charge in [-0.05, 0) is 17.5 Å². The Balaban J connectivity index is 2.34. The van der Waals surface area contributed by atoms with Gasteiger partial charge < -0.3 is 0 Å². The minimum Gasteiger partial charge on any atom is -0.0742 e. The summed E-state index contributed by atoms with van der Waals surface area (Å²) in [6.45, 7) is 4.70. The first-order valence-electron chi connectivity index (χ1n) is 5.61. The molecule has 0 heterocycles. The molecule has 2 bridgehead atoms. The Morgan fingerprint density at radius 3 is 1.80 bits per heavy atom. The molecule has 2 aliphatic carbocycles. The molecule has 0 aliphatic heterocycles. The van der Waals surface area contributed by atoms with Crippen molar-refractivity contribution in [3.63, 3.8) is 0 Å². The van der Waals surface area contributed by atoms with Crippen molar-refractivity contribution in [3.8, 4) is 0 Å². The van der Waals surface area contributed by atoms with Crippen LogP contribution < -0.4 is 0 Å². The highest BCUT2D eigenvalue weighted by Crippen LogP contribution is 2.52. The first-order chi connectivity index (χ1) is 7.14. The lowest BCUT2D eigenvalue weighted by atomic mass is 9.80. The van der Waals surface area contributed by atoms with Crippen LogP contribution in [-0.2, 0) is 10.8 Å². The zero-order valence-corrected chi connectivity index (χ0v) is 9.33. The molecule has 0 amide bonds. The fourth-order valence-electron chi connectivity index (χ4n) is 3.27. The van der Waals surface area contributed by atoms with Crippen LogP contribution in [0.1, 0.15) is 31.4 Å². The summed E-state index contributed by atoms with van der Waals surface area (Å²) in [6, 6.07) is 8.87. The molecule has 0 spiro atoms. The van der Waals surface area contributed by atoms with Gasteiger partial charge in [-0.2, -0.15) is 0 Å². The molecule has 0 nitrogen and oxygen atoms in total. The highest BCUT2D eigenvalue weighted by molar-refractivity contribution is 5.52. The lowest BCUT2D eigenvalue weighted by Crippen LogP contribution is -2.19. The van der Waals surface area contributed by atoms with Gasteiger partial charge in [-0.1, -0.05) is 62.4 Å². The van der Waals surface area contributed by atoms with E-state index in [1.54, 1.807) is 0 Å². The van der Waals surface area contributed by atoms with Crippen molar-refractivity contribution < 1.29 is 0 Å². The Hall–Kier alpha value is -1.30. The van der Waals surface area contributed by atoms with Gasteiger partial charge in [0.15, 0.2) is 0 Å². The largest absolute Gasteiger partial charge is 0.0742 e. The van der Waals surface area contributed by atoms with Crippen LogP contribution in [0.4, 0.5) is 0 Å². The van der Waals surface area contributed by atoms with Gasteiger partial charge in [0.2, 0.25) is 0 Å². The Morgan fingerprint density at radius 2 is 1.33 bits per heavy atom. The molecule has 15 heavy (non-hydrogen) atoms. The molecule has 0 heteroatoms. The second kappa shape index (κ2) is 2.63. The summed E-state index contributed by atoms with van der Waals surface area (Å²) in [7, 11) is 0. The van der Waals surface area contributed by atoms with Gasteiger partial charge in [0.05, 0.1) is 0 Å². The monoisotopic (exact) mass is 196 g/mol. The number of allylic oxidation sites excluding steroid dienone is 4. The molecule has 0 N–H and O–H groups in total. The molecule has 2 atom stereocenters. The predicted octanol–water partition coefficient (Wildman–Crippen LogP) is 3.73. The second-order valence-electron chi connectivity index (χ2n) is 5.28. The zero-order valence-electron chi connectivity index (χ0n) is 9.33. The van der Waals surface area contributed by atoms with Crippen LogP contribution in [0.5, 0.6) is 0 Å². The van der Waals surface area contributed by atoms with Crippen LogP contribution in [0.25, 0.3) is 0 Å². The van der Waals surface area contributed by atoms with Gasteiger partial charge in [0.1, 0.15) is 0 Å². The van der Waals surface area contributed by atoms with Crippen LogP contribution in [0.3, 0.4) is 0 Å². The molecule has 0 saturated heterocycles. The van der Waals surface area contributed by atoms with Crippen LogP contribution in [0.2, 0.25) is 0 Å². The summed E-state index contributed by atoms with van der Waals surface area (Å²) in [5.74, 6) is 0. The van der Waals surface area contributed by atoms with E-state index in [-0.39, 0.29) is 10.8 Å². The van der Waals surface area contributed by atoms with Crippen molar-refractivity contribution >= 4 is 0 Å². The summed E-state index contributed by atoms with van der Waals surface area (Å²) >= 11 is 0. The summed E-state index contributed by atoms with van der Waals surface area (Å²) in [4.78, 5) is 0. The molecule has 0 saturated carbocycles. The first kappa shape index (κ1) is 8.96. The Kier molecular flexibility index (Phi) is 1.57. The molecule has 2 aliphatic rings. The fourth-order valence-corrected chi connectivity index (χ4v) is 3.27. The smallest absolute Gasteiger partial charge is 0.0121 e. The number of fused-ring (bicyclic) bond motifs is 5. The third-order valence-electron chi connectivity index (χ3n) is 3.93. The molecule has 3 rings (SSSR count). The van der Waals surface area contributed by atoms with E-state index in [2.05, 4.69) is 62.4 Å². The van der Waals surface area contributed by atoms with Gasteiger partial charge in [-0.25, -0.2) is 0 Å². The van der Waals surface area contributed by atoms with Crippen LogP contribution in [0, 0.1) is 0 Å². The van der Waals surface area contributed by atoms with E-state index in [0.717, 1.165) is 0 Å². The van der Waals surface area contributed by atoms with Gasteiger partial charge in [0, 0.05) is 10.8 Å². The van der Waals surface area contributed by atoms with E-state index < -0.39 is 0 Å². The van der Waals surface area contributed by atoms with E-state index in [9.17, 15) is 0 Å². The van der Waals surface area contributed by atoms with Crippen LogP contribution in [-0.4, -0.2) is 0 Å². The molecular formula is C15H16. The maximum Gasteiger partial charge on any atom is 0.0121 e. The maximum absolute atomic E-state index is 2.35. The third-order valence-corrected chi connectivity index (χ3v) is 3.93. The summed E-state index contributed by atoms with van der Waals surface area (Å²) in [6.07, 6.45) is 10.3. The normalized spacial score (nSPS) is 36.4. The minimum atomic E-state index is 0.231. The van der Waals surface area contributed by atoms with Crippen molar-refractivity contribution in [1.29, 1.82) is 0 Å². The molecular weight excluding hydrogens is 180 g/mol. The third kappa shape index (κ3) is 1.08. The highest BCUT2D eigenvalue weighted by Gasteiger charge is 2.44. The Morgan fingerprint density at radius 1 is 0.867 bits per heavy atom. The summed E-state index contributed by atoms with van der Waals surface area (Å²) in [5.41, 5.74) is 3.48. The number of rotatable bonds is 0. The minimum absolute atomic E-state index is 0.231.